The molecule has 4 heteroatoms. The smallest absolute Gasteiger partial charge is 0.224 e. The highest BCUT2D eigenvalue weighted by Crippen LogP contribution is 2.26. The summed E-state index contributed by atoms with van der Waals surface area (Å²) in [4.78, 5) is 20.8. The molecular weight excluding hydrogens is 182 g/mol. The van der Waals surface area contributed by atoms with Gasteiger partial charge in [-0.3, -0.25) is 4.79 Å². The van der Waals surface area contributed by atoms with E-state index in [4.69, 9.17) is 9.78 Å². The van der Waals surface area contributed by atoms with Gasteiger partial charge in [-0.25, -0.2) is 0 Å². The molecule has 0 saturated heterocycles. The van der Waals surface area contributed by atoms with E-state index < -0.39 is 0 Å². The van der Waals surface area contributed by atoms with Crippen molar-refractivity contribution in [3.8, 4) is 5.75 Å². The lowest BCUT2D eigenvalue weighted by Gasteiger charge is -2.01. The Balaban J connectivity index is 2.16. The van der Waals surface area contributed by atoms with Crippen LogP contribution in [0.4, 0.5) is 0 Å². The van der Waals surface area contributed by atoms with E-state index in [9.17, 15) is 4.79 Å². The Morgan fingerprint density at radius 2 is 2.43 bits per heavy atom. The Hall–Kier alpha value is -1.55. The van der Waals surface area contributed by atoms with Crippen molar-refractivity contribution < 1.29 is 14.6 Å². The molecule has 1 aliphatic rings. The van der Waals surface area contributed by atoms with Crippen LogP contribution in [-0.4, -0.2) is 13.0 Å². The number of fused-ring (bicyclic) bond motifs is 1. The number of nitrogens with one attached hydrogen (secondary N) is 1. The SMILES string of the molecule is CNC(=O)Cc1ccc2c(c1)OOC2. The molecular formula is C10H11NO3. The van der Waals surface area contributed by atoms with Gasteiger partial charge in [0.2, 0.25) is 5.91 Å². The summed E-state index contributed by atoms with van der Waals surface area (Å²) >= 11 is 0. The normalized spacial score (nSPS) is 13.2. The first-order valence-corrected chi connectivity index (χ1v) is 4.41. The molecule has 0 fully saturated rings. The zero-order chi connectivity index (χ0) is 9.97. The minimum absolute atomic E-state index is 0.0103. The molecule has 0 radical (unpaired) electrons. The summed E-state index contributed by atoms with van der Waals surface area (Å²) in [7, 11) is 1.62. The predicted octanol–water partition coefficient (Wildman–Crippen LogP) is 0.799. The van der Waals surface area contributed by atoms with Crippen molar-refractivity contribution >= 4 is 5.91 Å². The van der Waals surface area contributed by atoms with E-state index in [1.54, 1.807) is 7.05 Å². The van der Waals surface area contributed by atoms with Crippen molar-refractivity contribution in [1.29, 1.82) is 0 Å². The van der Waals surface area contributed by atoms with Crippen LogP contribution in [0, 0.1) is 0 Å². The molecule has 1 N–H and O–H groups in total. The lowest BCUT2D eigenvalue weighted by atomic mass is 10.1. The van der Waals surface area contributed by atoms with E-state index in [0.29, 0.717) is 18.8 Å². The Kier molecular flexibility index (Phi) is 2.37. The largest absolute Gasteiger partial charge is 0.359 e. The van der Waals surface area contributed by atoms with Crippen LogP contribution in [-0.2, 0) is 22.7 Å². The lowest BCUT2D eigenvalue weighted by molar-refractivity contribution is -0.194. The molecule has 0 atom stereocenters. The molecule has 0 saturated carbocycles. The molecule has 1 aromatic carbocycles. The topological polar surface area (TPSA) is 47.6 Å². The molecule has 1 heterocycles. The zero-order valence-corrected chi connectivity index (χ0v) is 7.87. The van der Waals surface area contributed by atoms with Crippen molar-refractivity contribution in [2.75, 3.05) is 7.05 Å². The molecule has 0 spiro atoms. The molecule has 0 unspecified atom stereocenters. The Morgan fingerprint density at radius 3 is 3.21 bits per heavy atom. The van der Waals surface area contributed by atoms with Gasteiger partial charge < -0.3 is 10.2 Å². The van der Waals surface area contributed by atoms with Crippen molar-refractivity contribution in [2.24, 2.45) is 0 Å². The molecule has 4 nitrogen and oxygen atoms in total. The van der Waals surface area contributed by atoms with Gasteiger partial charge in [0.25, 0.3) is 0 Å². The second kappa shape index (κ2) is 3.67. The second-order valence-corrected chi connectivity index (χ2v) is 3.14. The standard InChI is InChI=1S/C10H11NO3/c1-11-10(12)5-7-2-3-8-6-13-14-9(8)4-7/h2-4H,5-6H2,1H3,(H,11,12). The fourth-order valence-corrected chi connectivity index (χ4v) is 1.34. The van der Waals surface area contributed by atoms with Crippen LogP contribution in [0.15, 0.2) is 18.2 Å². The van der Waals surface area contributed by atoms with Crippen LogP contribution in [0.25, 0.3) is 0 Å². The van der Waals surface area contributed by atoms with Crippen LogP contribution in [0.5, 0.6) is 5.75 Å². The molecule has 2 rings (SSSR count). The number of carbonyl (C=O) groups is 1. The molecule has 1 aliphatic heterocycles. The molecule has 0 aliphatic carbocycles. The average molecular weight is 193 g/mol. The second-order valence-electron chi connectivity index (χ2n) is 3.14. The maximum atomic E-state index is 11.1. The van der Waals surface area contributed by atoms with Gasteiger partial charge in [0.1, 0.15) is 6.61 Å². The van der Waals surface area contributed by atoms with Gasteiger partial charge in [0.05, 0.1) is 6.42 Å². The third kappa shape index (κ3) is 1.70. The molecule has 0 aromatic heterocycles. The van der Waals surface area contributed by atoms with Gasteiger partial charge in [-0.2, -0.15) is 4.89 Å². The van der Waals surface area contributed by atoms with Crippen molar-refractivity contribution in [1.82, 2.24) is 5.32 Å². The van der Waals surface area contributed by atoms with Crippen molar-refractivity contribution in [3.63, 3.8) is 0 Å². The maximum Gasteiger partial charge on any atom is 0.224 e. The van der Waals surface area contributed by atoms with E-state index in [1.165, 1.54) is 0 Å². The highest BCUT2D eigenvalue weighted by Gasteiger charge is 2.14. The van der Waals surface area contributed by atoms with E-state index in [-0.39, 0.29) is 5.91 Å². The summed E-state index contributed by atoms with van der Waals surface area (Å²) in [5, 5.41) is 2.57. The van der Waals surface area contributed by atoms with Gasteiger partial charge in [0, 0.05) is 12.6 Å². The van der Waals surface area contributed by atoms with Gasteiger partial charge in [-0.15, -0.1) is 0 Å². The number of hydrogen-bond acceptors (Lipinski definition) is 3. The summed E-state index contributed by atoms with van der Waals surface area (Å²) in [6.07, 6.45) is 0.368. The average Bonchev–Trinajstić information content (AvgIpc) is 2.64. The molecule has 1 aromatic rings. The van der Waals surface area contributed by atoms with E-state index in [0.717, 1.165) is 11.1 Å². The minimum Gasteiger partial charge on any atom is -0.359 e. The summed E-state index contributed by atoms with van der Waals surface area (Å²) in [6, 6.07) is 5.66. The minimum atomic E-state index is -0.0103. The van der Waals surface area contributed by atoms with E-state index >= 15 is 0 Å². The lowest BCUT2D eigenvalue weighted by Crippen LogP contribution is -2.19. The Labute approximate surface area is 81.8 Å². The quantitative estimate of drug-likeness (QED) is 0.707. The number of benzene rings is 1. The molecule has 14 heavy (non-hydrogen) atoms. The number of amides is 1. The summed E-state index contributed by atoms with van der Waals surface area (Å²) in [5.74, 6) is 0.704. The van der Waals surface area contributed by atoms with E-state index in [1.807, 2.05) is 18.2 Å². The van der Waals surface area contributed by atoms with Crippen molar-refractivity contribution in [2.45, 2.75) is 13.0 Å². The highest BCUT2D eigenvalue weighted by atomic mass is 17.2. The first-order chi connectivity index (χ1) is 6.79. The van der Waals surface area contributed by atoms with Crippen molar-refractivity contribution in [3.05, 3.63) is 29.3 Å². The summed E-state index contributed by atoms with van der Waals surface area (Å²) in [6.45, 7) is 0.482. The fraction of sp³-hybridized carbons (Fsp3) is 0.300. The van der Waals surface area contributed by atoms with Gasteiger partial charge in [0.15, 0.2) is 5.75 Å². The first kappa shape index (κ1) is 9.02. The van der Waals surface area contributed by atoms with Crippen LogP contribution >= 0.6 is 0 Å². The number of likely N-dealkylation sites (N-methyl/N-ethyl adjacent to an activating group) is 1. The van der Waals surface area contributed by atoms with E-state index in [2.05, 4.69) is 5.32 Å². The fourth-order valence-electron chi connectivity index (χ4n) is 1.34. The number of carbonyl (C=O) groups excluding carboxylic acids is 1. The van der Waals surface area contributed by atoms with Crippen LogP contribution in [0.2, 0.25) is 0 Å². The Morgan fingerprint density at radius 1 is 1.57 bits per heavy atom. The Bertz CT molecular complexity index is 362. The number of hydrogen-bond donors (Lipinski definition) is 1. The molecule has 74 valence electrons. The first-order valence-electron chi connectivity index (χ1n) is 4.41. The zero-order valence-electron chi connectivity index (χ0n) is 7.87. The summed E-state index contributed by atoms with van der Waals surface area (Å²) < 4.78 is 0. The van der Waals surface area contributed by atoms with Gasteiger partial charge in [-0.05, 0) is 11.6 Å². The van der Waals surface area contributed by atoms with Gasteiger partial charge >= 0.3 is 0 Å². The van der Waals surface area contributed by atoms with Crippen LogP contribution < -0.4 is 10.2 Å². The molecule has 1 amide bonds. The third-order valence-corrected chi connectivity index (χ3v) is 2.14. The molecule has 0 bridgehead atoms. The summed E-state index contributed by atoms with van der Waals surface area (Å²) in [5.41, 5.74) is 1.94. The maximum absolute atomic E-state index is 11.1. The highest BCUT2D eigenvalue weighted by molar-refractivity contribution is 5.78. The van der Waals surface area contributed by atoms with Gasteiger partial charge in [-0.1, -0.05) is 12.1 Å². The number of rotatable bonds is 2. The third-order valence-electron chi connectivity index (χ3n) is 2.14. The monoisotopic (exact) mass is 193 g/mol. The van der Waals surface area contributed by atoms with Crippen LogP contribution in [0.3, 0.4) is 0 Å². The predicted molar refractivity (Wildman–Crippen MR) is 49.6 cm³/mol. The van der Waals surface area contributed by atoms with Crippen LogP contribution in [0.1, 0.15) is 11.1 Å².